The molecule has 0 saturated heterocycles. The zero-order valence-corrected chi connectivity index (χ0v) is 21.3. The Labute approximate surface area is 213 Å². The molecule has 2 aliphatic carbocycles. The SMILES string of the molecule is CC(C)(C)C1CCC(N(Cc2ccc(C(=O)N=C(N)N=N)cc2)C(=O)C2=CCc3ccccc32)CC1. The van der Waals surface area contributed by atoms with Crippen molar-refractivity contribution in [1.29, 1.82) is 5.53 Å². The number of nitrogens with one attached hydrogen (secondary N) is 1. The Morgan fingerprint density at radius 3 is 2.33 bits per heavy atom. The molecule has 0 heterocycles. The number of allylic oxidation sites excluding steroid dienone is 1. The molecule has 2 aromatic rings. The topological polar surface area (TPSA) is 112 Å². The van der Waals surface area contributed by atoms with Crippen molar-refractivity contribution in [3.05, 3.63) is 76.9 Å². The molecule has 0 unspecified atom stereocenters. The largest absolute Gasteiger partial charge is 0.366 e. The zero-order chi connectivity index (χ0) is 25.9. The van der Waals surface area contributed by atoms with Crippen LogP contribution in [0, 0.1) is 16.9 Å². The maximum atomic E-state index is 14.0. The number of hydrogen-bond acceptors (Lipinski definition) is 3. The summed E-state index contributed by atoms with van der Waals surface area (Å²) in [6.07, 6.45) is 7.05. The van der Waals surface area contributed by atoms with Gasteiger partial charge < -0.3 is 10.6 Å². The fourth-order valence-corrected chi connectivity index (χ4v) is 5.40. The van der Waals surface area contributed by atoms with Gasteiger partial charge in [0.25, 0.3) is 11.8 Å². The van der Waals surface area contributed by atoms with Gasteiger partial charge in [-0.05, 0) is 72.3 Å². The summed E-state index contributed by atoms with van der Waals surface area (Å²) in [6.45, 7) is 7.39. The van der Waals surface area contributed by atoms with Crippen LogP contribution < -0.4 is 5.73 Å². The highest BCUT2D eigenvalue weighted by Gasteiger charge is 2.35. The van der Waals surface area contributed by atoms with Crippen molar-refractivity contribution in [2.24, 2.45) is 27.2 Å². The molecule has 0 bridgehead atoms. The molecule has 4 rings (SSSR count). The van der Waals surface area contributed by atoms with E-state index in [-0.39, 0.29) is 23.3 Å². The fourth-order valence-electron chi connectivity index (χ4n) is 5.40. The number of nitrogens with zero attached hydrogens (tertiary/aromatic N) is 3. The summed E-state index contributed by atoms with van der Waals surface area (Å²) in [5, 5.41) is 2.96. The van der Waals surface area contributed by atoms with E-state index in [0.29, 0.717) is 18.0 Å². The van der Waals surface area contributed by atoms with E-state index in [9.17, 15) is 9.59 Å². The highest BCUT2D eigenvalue weighted by molar-refractivity contribution is 6.21. The molecule has 36 heavy (non-hydrogen) atoms. The molecule has 0 radical (unpaired) electrons. The summed E-state index contributed by atoms with van der Waals surface area (Å²) in [5.74, 6) is -0.187. The van der Waals surface area contributed by atoms with Gasteiger partial charge in [0.05, 0.1) is 0 Å². The first-order chi connectivity index (χ1) is 17.2. The van der Waals surface area contributed by atoms with Crippen molar-refractivity contribution >= 4 is 23.3 Å². The molecule has 2 aromatic carbocycles. The van der Waals surface area contributed by atoms with Crippen molar-refractivity contribution in [2.45, 2.75) is 65.5 Å². The second-order valence-electron chi connectivity index (χ2n) is 10.9. The third-order valence-electron chi connectivity index (χ3n) is 7.57. The molecule has 188 valence electrons. The number of amides is 2. The van der Waals surface area contributed by atoms with Gasteiger partial charge in [-0.2, -0.15) is 4.99 Å². The summed E-state index contributed by atoms with van der Waals surface area (Å²) in [7, 11) is 0. The number of carbonyl (C=O) groups excluding carboxylic acids is 2. The maximum Gasteiger partial charge on any atom is 0.280 e. The highest BCUT2D eigenvalue weighted by Crippen LogP contribution is 2.40. The molecule has 0 spiro atoms. The Bertz CT molecular complexity index is 1200. The van der Waals surface area contributed by atoms with Gasteiger partial charge in [0, 0.05) is 23.7 Å². The molecule has 2 aliphatic rings. The van der Waals surface area contributed by atoms with E-state index >= 15 is 0 Å². The lowest BCUT2D eigenvalue weighted by molar-refractivity contribution is -0.129. The number of rotatable bonds is 5. The first-order valence-electron chi connectivity index (χ1n) is 12.6. The Balaban J connectivity index is 1.57. The van der Waals surface area contributed by atoms with Crippen LogP contribution in [0.4, 0.5) is 0 Å². The predicted molar refractivity (Wildman–Crippen MR) is 141 cm³/mol. The molecule has 0 aromatic heterocycles. The van der Waals surface area contributed by atoms with Crippen molar-refractivity contribution in [3.63, 3.8) is 0 Å². The van der Waals surface area contributed by atoms with E-state index < -0.39 is 5.91 Å². The second kappa shape index (κ2) is 10.6. The number of hydrogen-bond donors (Lipinski definition) is 2. The highest BCUT2D eigenvalue weighted by atomic mass is 16.2. The van der Waals surface area contributed by atoms with Crippen LogP contribution in [0.3, 0.4) is 0 Å². The summed E-state index contributed by atoms with van der Waals surface area (Å²) in [6, 6.07) is 15.4. The van der Waals surface area contributed by atoms with Gasteiger partial charge in [0.2, 0.25) is 5.96 Å². The number of nitrogens with two attached hydrogens (primary N) is 1. The lowest BCUT2D eigenvalue weighted by atomic mass is 9.71. The Hall–Kier alpha value is -3.61. The summed E-state index contributed by atoms with van der Waals surface area (Å²) in [4.78, 5) is 31.8. The molecular formula is C29H35N5O2. The van der Waals surface area contributed by atoms with Crippen molar-refractivity contribution < 1.29 is 9.59 Å². The number of guanidine groups is 1. The lowest BCUT2D eigenvalue weighted by Gasteiger charge is -2.41. The van der Waals surface area contributed by atoms with Gasteiger partial charge in [0.1, 0.15) is 0 Å². The maximum absolute atomic E-state index is 14.0. The van der Waals surface area contributed by atoms with Gasteiger partial charge in [0.15, 0.2) is 0 Å². The predicted octanol–water partition coefficient (Wildman–Crippen LogP) is 5.75. The molecule has 1 fully saturated rings. The third-order valence-corrected chi connectivity index (χ3v) is 7.57. The van der Waals surface area contributed by atoms with Gasteiger partial charge in [-0.3, -0.25) is 9.59 Å². The van der Waals surface area contributed by atoms with Crippen LogP contribution in [-0.4, -0.2) is 28.7 Å². The zero-order valence-electron chi connectivity index (χ0n) is 21.3. The minimum Gasteiger partial charge on any atom is -0.366 e. The fraction of sp³-hybridized carbons (Fsp3) is 0.414. The minimum atomic E-state index is -0.545. The third kappa shape index (κ3) is 5.61. The van der Waals surface area contributed by atoms with Gasteiger partial charge >= 0.3 is 0 Å². The van der Waals surface area contributed by atoms with E-state index in [0.717, 1.165) is 48.8 Å². The molecule has 3 N–H and O–H groups in total. The smallest absolute Gasteiger partial charge is 0.280 e. The molecule has 7 nitrogen and oxygen atoms in total. The number of benzene rings is 2. The van der Waals surface area contributed by atoms with Crippen LogP contribution in [-0.2, 0) is 17.8 Å². The lowest BCUT2D eigenvalue weighted by Crippen LogP contribution is -2.43. The van der Waals surface area contributed by atoms with Crippen LogP contribution in [0.1, 0.15) is 73.5 Å². The second-order valence-corrected chi connectivity index (χ2v) is 10.9. The van der Waals surface area contributed by atoms with Crippen molar-refractivity contribution in [1.82, 2.24) is 4.90 Å². The minimum absolute atomic E-state index is 0.0775. The molecule has 0 atom stereocenters. The quantitative estimate of drug-likeness (QED) is 0.320. The van der Waals surface area contributed by atoms with Crippen molar-refractivity contribution in [2.75, 3.05) is 0 Å². The standard InChI is InChI=1S/C29H35N5O2/c1-29(2,3)22-13-15-23(16-14-22)34(27(36)25-17-12-20-6-4-5-7-24(20)25)18-19-8-10-21(11-9-19)26(35)32-28(30)33-31/h4-11,17,22-23,31H,12-16,18H2,1-3H3,(H2,30,32,35). The Morgan fingerprint density at radius 1 is 1.03 bits per heavy atom. The van der Waals surface area contributed by atoms with Gasteiger partial charge in [-0.1, -0.05) is 63.2 Å². The number of carbonyl (C=O) groups is 2. The first-order valence-corrected chi connectivity index (χ1v) is 12.6. The van der Waals surface area contributed by atoms with E-state index in [1.807, 2.05) is 35.2 Å². The van der Waals surface area contributed by atoms with E-state index in [1.54, 1.807) is 12.1 Å². The Kier molecular flexibility index (Phi) is 7.48. The average molecular weight is 486 g/mol. The van der Waals surface area contributed by atoms with Crippen LogP contribution in [0.25, 0.3) is 5.57 Å². The summed E-state index contributed by atoms with van der Waals surface area (Å²) in [5.41, 5.74) is 16.8. The average Bonchev–Trinajstić information content (AvgIpc) is 3.31. The first kappa shape index (κ1) is 25.5. The summed E-state index contributed by atoms with van der Waals surface area (Å²) < 4.78 is 0. The van der Waals surface area contributed by atoms with Gasteiger partial charge in [-0.25, -0.2) is 5.53 Å². The molecule has 7 heteroatoms. The van der Waals surface area contributed by atoms with Crippen molar-refractivity contribution in [3.8, 4) is 0 Å². The number of fused-ring (bicyclic) bond motifs is 1. The number of aliphatic imine (C=N–C) groups is 1. The summed E-state index contributed by atoms with van der Waals surface area (Å²) >= 11 is 0. The molecule has 0 aliphatic heterocycles. The molecular weight excluding hydrogens is 450 g/mol. The van der Waals surface area contributed by atoms with E-state index in [2.05, 4.69) is 43.0 Å². The van der Waals surface area contributed by atoms with E-state index in [1.165, 1.54) is 5.56 Å². The molecule has 1 saturated carbocycles. The van der Waals surface area contributed by atoms with Crippen LogP contribution in [0.15, 0.2) is 64.7 Å². The van der Waals surface area contributed by atoms with Crippen LogP contribution >= 0.6 is 0 Å². The molecule has 2 amide bonds. The van der Waals surface area contributed by atoms with Crippen LogP contribution in [0.2, 0.25) is 0 Å². The van der Waals surface area contributed by atoms with Gasteiger partial charge in [-0.15, -0.1) is 5.11 Å². The monoisotopic (exact) mass is 485 g/mol. The van der Waals surface area contributed by atoms with Crippen LogP contribution in [0.5, 0.6) is 0 Å². The van der Waals surface area contributed by atoms with E-state index in [4.69, 9.17) is 11.3 Å². The normalized spacial score (nSPS) is 19.9. The Morgan fingerprint density at radius 2 is 1.69 bits per heavy atom.